The highest BCUT2D eigenvalue weighted by molar-refractivity contribution is 7.10. The van der Waals surface area contributed by atoms with Crippen LogP contribution >= 0.6 is 11.3 Å². The summed E-state index contributed by atoms with van der Waals surface area (Å²) in [5, 5.41) is 2.85. The first-order chi connectivity index (χ1) is 12.7. The van der Waals surface area contributed by atoms with Crippen molar-refractivity contribution in [2.75, 3.05) is 6.61 Å². The van der Waals surface area contributed by atoms with Gasteiger partial charge in [-0.2, -0.15) is 0 Å². The first-order valence-corrected chi connectivity index (χ1v) is 9.49. The molecule has 0 saturated heterocycles. The summed E-state index contributed by atoms with van der Waals surface area (Å²) in [6.07, 6.45) is 7.33. The van der Waals surface area contributed by atoms with Crippen molar-refractivity contribution in [1.29, 1.82) is 0 Å². The number of carbonyl (C=O) groups excluding carboxylic acids is 1. The molecule has 1 aromatic carbocycles. The predicted octanol–water partition coefficient (Wildman–Crippen LogP) is 4.02. The number of amides is 1. The van der Waals surface area contributed by atoms with Crippen LogP contribution in [0, 0.1) is 5.82 Å². The van der Waals surface area contributed by atoms with Crippen molar-refractivity contribution in [1.82, 2.24) is 10.3 Å². The Bertz CT molecular complexity index is 842. The average molecular weight is 372 g/mol. The number of carbonyl (C=O) groups is 1. The molecule has 0 saturated carbocycles. The number of allylic oxidation sites excluding steroid dienone is 2. The van der Waals surface area contributed by atoms with E-state index < -0.39 is 0 Å². The highest BCUT2D eigenvalue weighted by Gasteiger charge is 2.14. The number of benzene rings is 1. The summed E-state index contributed by atoms with van der Waals surface area (Å²) in [6, 6.07) is 5.08. The Kier molecular flexibility index (Phi) is 6.30. The highest BCUT2D eigenvalue weighted by atomic mass is 32.1. The molecule has 4 nitrogen and oxygen atoms in total. The van der Waals surface area contributed by atoms with Crippen molar-refractivity contribution >= 4 is 23.3 Å². The van der Waals surface area contributed by atoms with Gasteiger partial charge in [0.25, 0.3) is 0 Å². The maximum absolute atomic E-state index is 14.6. The molecule has 0 bridgehead atoms. The van der Waals surface area contributed by atoms with E-state index in [9.17, 15) is 9.18 Å². The van der Waals surface area contributed by atoms with Crippen LogP contribution < -0.4 is 5.32 Å². The van der Waals surface area contributed by atoms with E-state index in [2.05, 4.69) is 10.3 Å². The van der Waals surface area contributed by atoms with Crippen molar-refractivity contribution in [3.8, 4) is 0 Å². The van der Waals surface area contributed by atoms with Gasteiger partial charge >= 0.3 is 0 Å². The Morgan fingerprint density at radius 1 is 1.38 bits per heavy atom. The lowest BCUT2D eigenvalue weighted by molar-refractivity contribution is -0.119. The Labute approximate surface area is 156 Å². The molecule has 0 spiro atoms. The highest BCUT2D eigenvalue weighted by Crippen LogP contribution is 2.21. The van der Waals surface area contributed by atoms with Crippen molar-refractivity contribution in [3.63, 3.8) is 0 Å². The van der Waals surface area contributed by atoms with E-state index in [0.717, 1.165) is 23.4 Å². The third-order valence-corrected chi connectivity index (χ3v) is 4.79. The van der Waals surface area contributed by atoms with Crippen LogP contribution in [0.5, 0.6) is 0 Å². The summed E-state index contributed by atoms with van der Waals surface area (Å²) in [7, 11) is 0. The quantitative estimate of drug-likeness (QED) is 0.747. The Morgan fingerprint density at radius 3 is 3.08 bits per heavy atom. The van der Waals surface area contributed by atoms with Crippen LogP contribution in [0.2, 0.25) is 0 Å². The first-order valence-electron chi connectivity index (χ1n) is 8.62. The second kappa shape index (κ2) is 8.87. The molecular weight excluding hydrogens is 351 g/mol. The fraction of sp³-hybridized carbons (Fsp3) is 0.300. The molecule has 1 N–H and O–H groups in total. The Hall–Kier alpha value is -2.31. The second-order valence-corrected chi connectivity index (χ2v) is 6.92. The molecule has 0 unspecified atom stereocenters. The molecule has 0 aliphatic heterocycles. The monoisotopic (exact) mass is 372 g/mol. The molecule has 26 heavy (non-hydrogen) atoms. The first kappa shape index (κ1) is 18.5. The van der Waals surface area contributed by atoms with Crippen molar-refractivity contribution in [2.45, 2.75) is 32.8 Å². The Balaban J connectivity index is 1.66. The molecule has 1 amide bonds. The number of hydrogen-bond acceptors (Lipinski definition) is 4. The summed E-state index contributed by atoms with van der Waals surface area (Å²) < 4.78 is 20.0. The summed E-state index contributed by atoms with van der Waals surface area (Å²) >= 11 is 1.53. The summed E-state index contributed by atoms with van der Waals surface area (Å²) in [5.74, 6) is -0.617. The largest absolute Gasteiger partial charge is 0.377 e. The molecule has 1 heterocycles. The SMILES string of the molecule is CCCOCc1cccc(CC(=O)NC2=Cc3scnc3CC=C2)c1F. The number of nitrogens with one attached hydrogen (secondary N) is 1. The molecule has 6 heteroatoms. The smallest absolute Gasteiger partial charge is 0.228 e. The van der Waals surface area contributed by atoms with Gasteiger partial charge in [-0.05, 0) is 24.1 Å². The number of hydrogen-bond donors (Lipinski definition) is 1. The van der Waals surface area contributed by atoms with Crippen LogP contribution in [-0.2, 0) is 29.0 Å². The van der Waals surface area contributed by atoms with Gasteiger partial charge in [0, 0.05) is 24.3 Å². The number of thiazole rings is 1. The normalized spacial score (nSPS) is 13.1. The van der Waals surface area contributed by atoms with Crippen molar-refractivity contribution < 1.29 is 13.9 Å². The van der Waals surface area contributed by atoms with Crippen LogP contribution in [0.1, 0.15) is 35.0 Å². The molecule has 2 aromatic rings. The number of nitrogens with zero attached hydrogens (tertiary/aromatic N) is 1. The predicted molar refractivity (Wildman–Crippen MR) is 101 cm³/mol. The zero-order chi connectivity index (χ0) is 18.4. The maximum Gasteiger partial charge on any atom is 0.228 e. The molecule has 0 fully saturated rings. The summed E-state index contributed by atoms with van der Waals surface area (Å²) in [5.41, 5.74) is 4.34. The van der Waals surface area contributed by atoms with E-state index in [1.165, 1.54) is 11.3 Å². The third-order valence-electron chi connectivity index (χ3n) is 3.97. The van der Waals surface area contributed by atoms with Crippen LogP contribution in [0.25, 0.3) is 6.08 Å². The fourth-order valence-electron chi connectivity index (χ4n) is 2.70. The minimum atomic E-state index is -0.367. The number of rotatable bonds is 7. The molecule has 136 valence electrons. The van der Waals surface area contributed by atoms with E-state index in [1.54, 1.807) is 23.7 Å². The second-order valence-electron chi connectivity index (χ2n) is 6.04. The molecule has 0 radical (unpaired) electrons. The molecular formula is C20H21FN2O2S. The Morgan fingerprint density at radius 2 is 2.23 bits per heavy atom. The zero-order valence-corrected chi connectivity index (χ0v) is 15.4. The van der Waals surface area contributed by atoms with Crippen LogP contribution in [0.3, 0.4) is 0 Å². The minimum Gasteiger partial charge on any atom is -0.377 e. The zero-order valence-electron chi connectivity index (χ0n) is 14.6. The topological polar surface area (TPSA) is 51.2 Å². The van der Waals surface area contributed by atoms with E-state index in [-0.39, 0.29) is 24.8 Å². The molecule has 1 aliphatic rings. The van der Waals surface area contributed by atoms with Gasteiger partial charge in [0.2, 0.25) is 5.91 Å². The van der Waals surface area contributed by atoms with Gasteiger partial charge < -0.3 is 10.1 Å². The van der Waals surface area contributed by atoms with Gasteiger partial charge in [-0.25, -0.2) is 9.37 Å². The number of ether oxygens (including phenoxy) is 1. The van der Waals surface area contributed by atoms with Crippen LogP contribution in [-0.4, -0.2) is 17.5 Å². The number of aromatic nitrogens is 1. The number of halogens is 1. The van der Waals surface area contributed by atoms with E-state index in [0.29, 0.717) is 23.4 Å². The van der Waals surface area contributed by atoms with Crippen LogP contribution in [0.15, 0.2) is 41.6 Å². The lowest BCUT2D eigenvalue weighted by Gasteiger charge is -2.10. The fourth-order valence-corrected chi connectivity index (χ4v) is 3.46. The van der Waals surface area contributed by atoms with Gasteiger partial charge in [0.1, 0.15) is 5.82 Å². The summed E-state index contributed by atoms with van der Waals surface area (Å²) in [6.45, 7) is 2.81. The van der Waals surface area contributed by atoms with Gasteiger partial charge in [-0.3, -0.25) is 4.79 Å². The van der Waals surface area contributed by atoms with E-state index in [1.807, 2.05) is 25.2 Å². The molecule has 3 rings (SSSR count). The van der Waals surface area contributed by atoms with Crippen molar-refractivity contribution in [3.05, 3.63) is 69.1 Å². The lowest BCUT2D eigenvalue weighted by Crippen LogP contribution is -2.24. The number of fused-ring (bicyclic) bond motifs is 1. The summed E-state index contributed by atoms with van der Waals surface area (Å²) in [4.78, 5) is 17.7. The molecule has 0 atom stereocenters. The minimum absolute atomic E-state index is 0.0197. The van der Waals surface area contributed by atoms with Gasteiger partial charge in [0.15, 0.2) is 0 Å². The van der Waals surface area contributed by atoms with Crippen LogP contribution in [0.4, 0.5) is 4.39 Å². The average Bonchev–Trinajstić information content (AvgIpc) is 2.97. The van der Waals surface area contributed by atoms with E-state index >= 15 is 0 Å². The van der Waals surface area contributed by atoms with Crippen molar-refractivity contribution in [2.24, 2.45) is 0 Å². The molecule has 1 aliphatic carbocycles. The van der Waals surface area contributed by atoms with Gasteiger partial charge in [-0.15, -0.1) is 11.3 Å². The maximum atomic E-state index is 14.6. The lowest BCUT2D eigenvalue weighted by atomic mass is 10.1. The van der Waals surface area contributed by atoms with E-state index in [4.69, 9.17) is 4.74 Å². The standard InChI is InChI=1S/C20H21FN2O2S/c1-2-9-25-12-15-6-3-5-14(20(15)21)10-19(24)23-16-7-4-8-17-18(11-16)26-13-22-17/h3-7,11,13H,2,8-10,12H2,1H3,(H,23,24). The third kappa shape index (κ3) is 4.65. The van der Waals surface area contributed by atoms with Gasteiger partial charge in [0.05, 0.1) is 29.1 Å². The van der Waals surface area contributed by atoms with Gasteiger partial charge in [-0.1, -0.05) is 31.2 Å². The molecule has 1 aromatic heterocycles.